The third kappa shape index (κ3) is 6.09. The number of nitrogens with two attached hydrogens (primary N) is 1. The Morgan fingerprint density at radius 3 is 1.97 bits per heavy atom. The second-order valence-electron chi connectivity index (χ2n) is 7.15. The van der Waals surface area contributed by atoms with Crippen molar-refractivity contribution in [2.75, 3.05) is 13.2 Å². The first-order chi connectivity index (χ1) is 13.4. The van der Waals surface area contributed by atoms with Gasteiger partial charge in [-0.25, -0.2) is 0 Å². The van der Waals surface area contributed by atoms with Gasteiger partial charge < -0.3 is 26.0 Å². The quantitative estimate of drug-likeness (QED) is 0.372. The fourth-order valence-electron chi connectivity index (χ4n) is 2.95. The van der Waals surface area contributed by atoms with Gasteiger partial charge in [0.05, 0.1) is 24.9 Å². The van der Waals surface area contributed by atoms with Crippen LogP contribution in [0.5, 0.6) is 0 Å². The molecule has 0 saturated carbocycles. The van der Waals surface area contributed by atoms with Crippen molar-refractivity contribution in [3.8, 4) is 11.3 Å². The Labute approximate surface area is 181 Å². The van der Waals surface area contributed by atoms with Gasteiger partial charge in [0.1, 0.15) is 0 Å². The van der Waals surface area contributed by atoms with Crippen LogP contribution in [0.4, 0.5) is 0 Å². The summed E-state index contributed by atoms with van der Waals surface area (Å²) in [6.45, 7) is 1.27. The molecule has 3 aromatic rings. The number of H-pyrrole nitrogens is 1. The summed E-state index contributed by atoms with van der Waals surface area (Å²) < 4.78 is 0. The second kappa shape index (κ2) is 10.3. The molecule has 1 atom stereocenters. The molecule has 0 radical (unpaired) electrons. The molecule has 0 fully saturated rings. The zero-order chi connectivity index (χ0) is 20.1. The molecular weight excluding hydrogens is 408 g/mol. The maximum atomic E-state index is 10.3. The molecule has 5 nitrogen and oxygen atoms in total. The van der Waals surface area contributed by atoms with E-state index in [9.17, 15) is 15.3 Å². The van der Waals surface area contributed by atoms with E-state index in [-0.39, 0.29) is 32.0 Å². The average molecular weight is 435 g/mol. The summed E-state index contributed by atoms with van der Waals surface area (Å²) in [4.78, 5) is 5.52. The van der Waals surface area contributed by atoms with E-state index in [2.05, 4.69) is 41.4 Å². The third-order valence-corrected chi connectivity index (χ3v) is 5.74. The van der Waals surface area contributed by atoms with Gasteiger partial charge in [0.2, 0.25) is 0 Å². The summed E-state index contributed by atoms with van der Waals surface area (Å²) >= 11 is 1.64. The first kappa shape index (κ1) is 23.5. The monoisotopic (exact) mass is 434 g/mol. The summed E-state index contributed by atoms with van der Waals surface area (Å²) in [6.07, 6.45) is -0.751. The van der Waals surface area contributed by atoms with E-state index in [1.54, 1.807) is 11.8 Å². The number of hydrogen-bond acceptors (Lipinski definition) is 5. The molecule has 0 aliphatic heterocycles. The minimum atomic E-state index is -1.19. The SMILES string of the molecule is Cc1ccc(-c2ccc(Sc3ccc(C(O)CC(N)(CO)CO)cc3)cc2)[nH]1.Cl. The highest BCUT2D eigenvalue weighted by atomic mass is 35.5. The Morgan fingerprint density at radius 1 is 0.931 bits per heavy atom. The van der Waals surface area contributed by atoms with Gasteiger partial charge in [0.25, 0.3) is 0 Å². The van der Waals surface area contributed by atoms with Crippen molar-refractivity contribution in [2.45, 2.75) is 34.8 Å². The van der Waals surface area contributed by atoms with Crippen LogP contribution in [0.2, 0.25) is 0 Å². The maximum absolute atomic E-state index is 10.3. The highest BCUT2D eigenvalue weighted by molar-refractivity contribution is 7.99. The molecule has 0 amide bonds. The maximum Gasteiger partial charge on any atom is 0.0809 e. The molecule has 0 saturated heterocycles. The van der Waals surface area contributed by atoms with Crippen molar-refractivity contribution >= 4 is 24.2 Å². The van der Waals surface area contributed by atoms with Crippen molar-refractivity contribution in [2.24, 2.45) is 5.73 Å². The van der Waals surface area contributed by atoms with Crippen LogP contribution < -0.4 is 5.73 Å². The van der Waals surface area contributed by atoms with Gasteiger partial charge in [-0.05, 0) is 60.9 Å². The lowest BCUT2D eigenvalue weighted by Gasteiger charge is -2.27. The summed E-state index contributed by atoms with van der Waals surface area (Å²) in [7, 11) is 0. The van der Waals surface area contributed by atoms with Crippen LogP contribution >= 0.6 is 24.2 Å². The Bertz CT molecular complexity index is 893. The number of aryl methyl sites for hydroxylation is 1. The number of aliphatic hydroxyl groups is 3. The molecule has 6 N–H and O–H groups in total. The number of rotatable bonds is 8. The smallest absolute Gasteiger partial charge is 0.0809 e. The van der Waals surface area contributed by atoms with Gasteiger partial charge in [-0.15, -0.1) is 12.4 Å². The number of aromatic nitrogens is 1. The lowest BCUT2D eigenvalue weighted by Crippen LogP contribution is -2.48. The van der Waals surface area contributed by atoms with Crippen LogP contribution in [0, 0.1) is 6.92 Å². The van der Waals surface area contributed by atoms with Gasteiger partial charge in [0.15, 0.2) is 0 Å². The predicted molar refractivity (Wildman–Crippen MR) is 119 cm³/mol. The molecule has 156 valence electrons. The topological polar surface area (TPSA) is 102 Å². The average Bonchev–Trinajstić information content (AvgIpc) is 3.15. The Morgan fingerprint density at radius 2 is 1.48 bits per heavy atom. The lowest BCUT2D eigenvalue weighted by atomic mass is 9.92. The van der Waals surface area contributed by atoms with E-state index in [1.165, 1.54) is 0 Å². The molecule has 0 spiro atoms. The molecule has 2 aromatic carbocycles. The van der Waals surface area contributed by atoms with Crippen LogP contribution in [0.15, 0.2) is 70.5 Å². The zero-order valence-corrected chi connectivity index (χ0v) is 17.8. The van der Waals surface area contributed by atoms with E-state index in [4.69, 9.17) is 5.73 Å². The summed E-state index contributed by atoms with van der Waals surface area (Å²) in [5, 5.41) is 28.9. The molecule has 0 aliphatic rings. The molecule has 7 heteroatoms. The van der Waals surface area contributed by atoms with Gasteiger partial charge >= 0.3 is 0 Å². The van der Waals surface area contributed by atoms with Crippen molar-refractivity contribution in [1.29, 1.82) is 0 Å². The highest BCUT2D eigenvalue weighted by Gasteiger charge is 2.27. The van der Waals surface area contributed by atoms with E-state index in [0.717, 1.165) is 26.7 Å². The largest absolute Gasteiger partial charge is 0.394 e. The van der Waals surface area contributed by atoms with Crippen molar-refractivity contribution < 1.29 is 15.3 Å². The Hall–Kier alpha value is -1.80. The first-order valence-electron chi connectivity index (χ1n) is 9.15. The Kier molecular flexibility index (Phi) is 8.34. The van der Waals surface area contributed by atoms with Crippen molar-refractivity contribution in [3.63, 3.8) is 0 Å². The summed E-state index contributed by atoms with van der Waals surface area (Å²) in [5.41, 5.74) is 8.77. The molecule has 3 rings (SSSR count). The number of hydrogen-bond donors (Lipinski definition) is 5. The molecule has 0 aliphatic carbocycles. The van der Waals surface area contributed by atoms with Gasteiger partial charge in [-0.2, -0.15) is 0 Å². The normalized spacial score (nSPS) is 12.4. The molecule has 1 aromatic heterocycles. The minimum absolute atomic E-state index is 0. The predicted octanol–water partition coefficient (Wildman–Crippen LogP) is 3.67. The third-order valence-electron chi connectivity index (χ3n) is 4.73. The number of nitrogens with one attached hydrogen (secondary N) is 1. The zero-order valence-electron chi connectivity index (χ0n) is 16.2. The van der Waals surface area contributed by atoms with E-state index >= 15 is 0 Å². The number of benzene rings is 2. The van der Waals surface area contributed by atoms with Gasteiger partial charge in [0, 0.05) is 21.2 Å². The minimum Gasteiger partial charge on any atom is -0.394 e. The van der Waals surface area contributed by atoms with Crippen LogP contribution in [0.1, 0.15) is 23.8 Å². The van der Waals surface area contributed by atoms with Crippen LogP contribution in [-0.4, -0.2) is 39.1 Å². The molecular formula is C22H27ClN2O3S. The van der Waals surface area contributed by atoms with Crippen LogP contribution in [0.25, 0.3) is 11.3 Å². The van der Waals surface area contributed by atoms with E-state index in [0.29, 0.717) is 5.56 Å². The van der Waals surface area contributed by atoms with E-state index in [1.807, 2.05) is 31.2 Å². The molecule has 29 heavy (non-hydrogen) atoms. The van der Waals surface area contributed by atoms with Gasteiger partial charge in [-0.1, -0.05) is 36.0 Å². The fourth-order valence-corrected chi connectivity index (χ4v) is 3.77. The standard InChI is InChI=1S/C22H26N2O3S.ClH/c1-15-2-11-20(24-15)16-3-7-18(8-4-16)28-19-9-5-17(6-10-19)21(27)12-22(23,13-25)14-26;/h2-11,21,24-27H,12-14,23H2,1H3;1H. The summed E-state index contributed by atoms with van der Waals surface area (Å²) in [6, 6.07) is 20.1. The van der Waals surface area contributed by atoms with Crippen molar-refractivity contribution in [3.05, 3.63) is 71.9 Å². The Balaban J connectivity index is 0.00000300. The number of aromatic amines is 1. The number of aliphatic hydroxyl groups excluding tert-OH is 3. The van der Waals surface area contributed by atoms with E-state index < -0.39 is 11.6 Å². The number of halogens is 1. The molecule has 0 bridgehead atoms. The molecule has 1 unspecified atom stereocenters. The highest BCUT2D eigenvalue weighted by Crippen LogP contribution is 2.31. The molecule has 1 heterocycles. The first-order valence-corrected chi connectivity index (χ1v) is 9.97. The second-order valence-corrected chi connectivity index (χ2v) is 8.30. The van der Waals surface area contributed by atoms with Crippen LogP contribution in [0.3, 0.4) is 0 Å². The lowest BCUT2D eigenvalue weighted by molar-refractivity contribution is 0.0618. The fraction of sp³-hybridized carbons (Fsp3) is 0.273. The van der Waals surface area contributed by atoms with Crippen molar-refractivity contribution in [1.82, 2.24) is 4.98 Å². The van der Waals surface area contributed by atoms with Gasteiger partial charge in [-0.3, -0.25) is 0 Å². The van der Waals surface area contributed by atoms with Crippen LogP contribution in [-0.2, 0) is 0 Å². The summed E-state index contributed by atoms with van der Waals surface area (Å²) in [5.74, 6) is 0.